The van der Waals surface area contributed by atoms with E-state index in [0.717, 1.165) is 18.5 Å². The van der Waals surface area contributed by atoms with E-state index in [-0.39, 0.29) is 5.92 Å². The Morgan fingerprint density at radius 2 is 1.91 bits per heavy atom. The average Bonchev–Trinajstić information content (AvgIpc) is 2.93. The third-order valence-electron chi connectivity index (χ3n) is 4.37. The van der Waals surface area contributed by atoms with Crippen molar-refractivity contribution in [1.82, 2.24) is 4.57 Å². The third-order valence-corrected chi connectivity index (χ3v) is 4.95. The van der Waals surface area contributed by atoms with E-state index < -0.39 is 0 Å². The lowest BCUT2D eigenvalue weighted by Crippen LogP contribution is -2.15. The first-order valence-electron chi connectivity index (χ1n) is 7.85. The van der Waals surface area contributed by atoms with Crippen LogP contribution in [0.15, 0.2) is 48.7 Å². The summed E-state index contributed by atoms with van der Waals surface area (Å²) in [5.41, 5.74) is 9.72. The molecule has 0 amide bonds. The van der Waals surface area contributed by atoms with E-state index in [0.29, 0.717) is 16.6 Å². The van der Waals surface area contributed by atoms with Gasteiger partial charge in [-0.3, -0.25) is 0 Å². The molecule has 0 radical (unpaired) electrons. The van der Waals surface area contributed by atoms with Gasteiger partial charge in [-0.25, -0.2) is 0 Å². The number of hydrogen-bond acceptors (Lipinski definition) is 1. The Hall–Kier alpha value is -1.48. The lowest BCUT2D eigenvalue weighted by Gasteiger charge is -2.15. The first kappa shape index (κ1) is 16.4. The fraction of sp³-hybridized carbons (Fsp3) is 0.263. The number of nitrogens with two attached hydrogens (primary N) is 1. The second-order valence-corrected chi connectivity index (χ2v) is 6.60. The van der Waals surface area contributed by atoms with Crippen LogP contribution in [-0.2, 0) is 13.0 Å². The van der Waals surface area contributed by atoms with Gasteiger partial charge in [0.1, 0.15) is 0 Å². The fourth-order valence-electron chi connectivity index (χ4n) is 3.14. The van der Waals surface area contributed by atoms with Gasteiger partial charge < -0.3 is 10.3 Å². The molecule has 0 aliphatic heterocycles. The lowest BCUT2D eigenvalue weighted by atomic mass is 9.92. The molecule has 2 nitrogen and oxygen atoms in total. The molecule has 0 bridgehead atoms. The van der Waals surface area contributed by atoms with Crippen LogP contribution in [-0.4, -0.2) is 11.1 Å². The van der Waals surface area contributed by atoms with Crippen molar-refractivity contribution in [2.45, 2.75) is 25.8 Å². The molecule has 0 spiro atoms. The number of rotatable bonds is 5. The van der Waals surface area contributed by atoms with Crippen LogP contribution >= 0.6 is 23.2 Å². The number of halogens is 2. The smallest absolute Gasteiger partial charge is 0.0483 e. The molecule has 1 heterocycles. The Bertz CT molecular complexity index is 823. The van der Waals surface area contributed by atoms with Gasteiger partial charge in [-0.2, -0.15) is 0 Å². The molecular weight excluding hydrogens is 327 g/mol. The number of aromatic nitrogens is 1. The molecule has 3 rings (SSSR count). The van der Waals surface area contributed by atoms with Gasteiger partial charge in [-0.05, 0) is 49.2 Å². The summed E-state index contributed by atoms with van der Waals surface area (Å²) in [5.74, 6) is 0.228. The van der Waals surface area contributed by atoms with Crippen molar-refractivity contribution in [1.29, 1.82) is 0 Å². The first-order valence-corrected chi connectivity index (χ1v) is 8.61. The van der Waals surface area contributed by atoms with Gasteiger partial charge in [-0.1, -0.05) is 47.5 Å². The van der Waals surface area contributed by atoms with Gasteiger partial charge in [0.2, 0.25) is 0 Å². The number of benzene rings is 2. The quantitative estimate of drug-likeness (QED) is 0.671. The molecule has 0 saturated heterocycles. The molecule has 0 fully saturated rings. The van der Waals surface area contributed by atoms with Gasteiger partial charge in [-0.15, -0.1) is 0 Å². The Balaban J connectivity index is 2.01. The lowest BCUT2D eigenvalue weighted by molar-refractivity contribution is 0.690. The minimum atomic E-state index is 0.228. The summed E-state index contributed by atoms with van der Waals surface area (Å²) in [7, 11) is 0. The Kier molecular flexibility index (Phi) is 4.96. The highest BCUT2D eigenvalue weighted by Crippen LogP contribution is 2.32. The van der Waals surface area contributed by atoms with Gasteiger partial charge in [0, 0.05) is 39.6 Å². The molecule has 0 saturated carbocycles. The number of hydrogen-bond donors (Lipinski definition) is 1. The number of nitrogens with zero attached hydrogens (tertiary/aromatic N) is 1. The van der Waals surface area contributed by atoms with Crippen LogP contribution in [0.2, 0.25) is 10.0 Å². The van der Waals surface area contributed by atoms with E-state index in [1.54, 1.807) is 6.07 Å². The molecule has 0 aliphatic rings. The van der Waals surface area contributed by atoms with Gasteiger partial charge in [0.05, 0.1) is 0 Å². The van der Waals surface area contributed by atoms with E-state index in [2.05, 4.69) is 42.0 Å². The number of fused-ring (bicyclic) bond motifs is 1. The largest absolute Gasteiger partial charge is 0.347 e. The summed E-state index contributed by atoms with van der Waals surface area (Å²) >= 11 is 12.3. The van der Waals surface area contributed by atoms with Crippen LogP contribution in [0.1, 0.15) is 24.0 Å². The second-order valence-electron chi connectivity index (χ2n) is 5.76. The molecule has 4 heteroatoms. The highest BCUT2D eigenvalue weighted by Gasteiger charge is 2.18. The number of para-hydroxylation sites is 1. The molecule has 1 atom stereocenters. The molecule has 1 unspecified atom stereocenters. The van der Waals surface area contributed by atoms with Crippen LogP contribution in [0, 0.1) is 0 Å². The van der Waals surface area contributed by atoms with Crippen molar-refractivity contribution >= 4 is 34.1 Å². The standard InChI is InChI=1S/C19H20Cl2N2/c1-2-23-12-17(16-5-3-4-6-19(16)23)14(11-22)9-13-7-8-15(20)10-18(13)21/h3-8,10,12,14H,2,9,11,22H2,1H3. The summed E-state index contributed by atoms with van der Waals surface area (Å²) in [6.45, 7) is 3.68. The summed E-state index contributed by atoms with van der Waals surface area (Å²) in [4.78, 5) is 0. The second kappa shape index (κ2) is 6.96. The van der Waals surface area contributed by atoms with Crippen molar-refractivity contribution in [3.8, 4) is 0 Å². The maximum absolute atomic E-state index is 6.34. The van der Waals surface area contributed by atoms with E-state index >= 15 is 0 Å². The highest BCUT2D eigenvalue weighted by atomic mass is 35.5. The zero-order chi connectivity index (χ0) is 16.4. The minimum Gasteiger partial charge on any atom is -0.347 e. The molecule has 23 heavy (non-hydrogen) atoms. The average molecular weight is 347 g/mol. The van der Waals surface area contributed by atoms with Crippen LogP contribution in [0.25, 0.3) is 10.9 Å². The Labute approximate surface area is 146 Å². The van der Waals surface area contributed by atoms with Crippen molar-refractivity contribution in [3.05, 3.63) is 69.8 Å². The van der Waals surface area contributed by atoms with Gasteiger partial charge >= 0.3 is 0 Å². The van der Waals surface area contributed by atoms with Crippen LogP contribution in [0.4, 0.5) is 0 Å². The molecule has 2 aromatic carbocycles. The van der Waals surface area contributed by atoms with Crippen LogP contribution in [0.3, 0.4) is 0 Å². The van der Waals surface area contributed by atoms with Crippen molar-refractivity contribution in [2.24, 2.45) is 5.73 Å². The molecule has 2 N–H and O–H groups in total. The zero-order valence-corrected chi connectivity index (χ0v) is 14.6. The Morgan fingerprint density at radius 1 is 1.13 bits per heavy atom. The molecule has 3 aromatic rings. The van der Waals surface area contributed by atoms with E-state index in [4.69, 9.17) is 28.9 Å². The SMILES string of the molecule is CCn1cc(C(CN)Cc2ccc(Cl)cc2Cl)c2ccccc21. The van der Waals surface area contributed by atoms with Gasteiger partial charge in [0.25, 0.3) is 0 Å². The van der Waals surface area contributed by atoms with E-state index in [9.17, 15) is 0 Å². The van der Waals surface area contributed by atoms with Crippen LogP contribution in [0.5, 0.6) is 0 Å². The van der Waals surface area contributed by atoms with Crippen molar-refractivity contribution in [2.75, 3.05) is 6.54 Å². The van der Waals surface area contributed by atoms with Crippen molar-refractivity contribution < 1.29 is 0 Å². The third kappa shape index (κ3) is 3.25. The Morgan fingerprint density at radius 3 is 2.61 bits per heavy atom. The summed E-state index contributed by atoms with van der Waals surface area (Å²) < 4.78 is 2.27. The molecular formula is C19H20Cl2N2. The van der Waals surface area contributed by atoms with Crippen LogP contribution < -0.4 is 5.73 Å². The molecule has 120 valence electrons. The highest BCUT2D eigenvalue weighted by molar-refractivity contribution is 6.35. The molecule has 0 aliphatic carbocycles. The van der Waals surface area contributed by atoms with Crippen molar-refractivity contribution in [3.63, 3.8) is 0 Å². The normalized spacial score (nSPS) is 12.7. The fourth-order valence-corrected chi connectivity index (χ4v) is 3.62. The van der Waals surface area contributed by atoms with E-state index in [1.165, 1.54) is 16.5 Å². The minimum absolute atomic E-state index is 0.228. The maximum atomic E-state index is 6.34. The van der Waals surface area contributed by atoms with Gasteiger partial charge in [0.15, 0.2) is 0 Å². The first-order chi connectivity index (χ1) is 11.1. The number of aryl methyl sites for hydroxylation is 1. The predicted octanol–water partition coefficient (Wildman–Crippen LogP) is 5.25. The molecule has 1 aromatic heterocycles. The maximum Gasteiger partial charge on any atom is 0.0483 e. The predicted molar refractivity (Wildman–Crippen MR) is 99.6 cm³/mol. The summed E-state index contributed by atoms with van der Waals surface area (Å²) in [5, 5.41) is 2.63. The summed E-state index contributed by atoms with van der Waals surface area (Å²) in [6.07, 6.45) is 3.04. The summed E-state index contributed by atoms with van der Waals surface area (Å²) in [6, 6.07) is 14.1. The topological polar surface area (TPSA) is 30.9 Å². The zero-order valence-electron chi connectivity index (χ0n) is 13.1. The van der Waals surface area contributed by atoms with E-state index in [1.807, 2.05) is 12.1 Å². The monoisotopic (exact) mass is 346 g/mol.